The number of hydrogen-bond donors (Lipinski definition) is 1. The lowest BCUT2D eigenvalue weighted by Crippen LogP contribution is -2.25. The number of sulfonamides is 1. The molecule has 102 valence electrons. The Morgan fingerprint density at radius 2 is 2.00 bits per heavy atom. The first-order valence-electron chi connectivity index (χ1n) is 5.67. The molecule has 0 aliphatic rings. The van der Waals surface area contributed by atoms with Crippen LogP contribution in [0.3, 0.4) is 0 Å². The third-order valence-corrected chi connectivity index (χ3v) is 3.93. The van der Waals surface area contributed by atoms with Crippen LogP contribution in [0.25, 0.3) is 0 Å². The molecule has 1 heterocycles. The average molecular weight is 284 g/mol. The van der Waals surface area contributed by atoms with E-state index in [2.05, 4.69) is 15.0 Å². The average Bonchev–Trinajstić information content (AvgIpc) is 2.88. The first-order chi connectivity index (χ1) is 9.08. The van der Waals surface area contributed by atoms with Crippen molar-refractivity contribution in [2.45, 2.75) is 17.9 Å². The molecule has 2 aromatic rings. The molecule has 0 bridgehead atoms. The molecule has 0 amide bonds. The Labute approximate surface area is 110 Å². The van der Waals surface area contributed by atoms with Crippen molar-refractivity contribution in [1.29, 1.82) is 0 Å². The van der Waals surface area contributed by atoms with Crippen LogP contribution in [0.2, 0.25) is 0 Å². The topological polar surface area (TPSA) is 76.9 Å². The molecule has 1 aromatic carbocycles. The molecule has 0 atom stereocenters. The molecule has 2 rings (SSSR count). The third-order valence-electron chi connectivity index (χ3n) is 2.45. The molecule has 0 aliphatic heterocycles. The van der Waals surface area contributed by atoms with Crippen LogP contribution in [0.5, 0.6) is 0 Å². The Hall–Kier alpha value is -1.80. The zero-order valence-corrected chi connectivity index (χ0v) is 10.8. The Balaban J connectivity index is 1.86. The van der Waals surface area contributed by atoms with Crippen LogP contribution in [0.4, 0.5) is 4.39 Å². The van der Waals surface area contributed by atoms with Crippen molar-refractivity contribution >= 4 is 10.0 Å². The number of halogens is 1. The second kappa shape index (κ2) is 5.89. The van der Waals surface area contributed by atoms with Gasteiger partial charge in [0.2, 0.25) is 10.0 Å². The second-order valence-corrected chi connectivity index (χ2v) is 5.64. The van der Waals surface area contributed by atoms with Crippen LogP contribution < -0.4 is 4.72 Å². The monoisotopic (exact) mass is 284 g/mol. The summed E-state index contributed by atoms with van der Waals surface area (Å²) in [6.45, 7) is 0.853. The zero-order valence-electron chi connectivity index (χ0n) is 10.0. The van der Waals surface area contributed by atoms with Crippen molar-refractivity contribution in [2.75, 3.05) is 6.54 Å². The summed E-state index contributed by atoms with van der Waals surface area (Å²) in [5.41, 5.74) is 0. The largest absolute Gasteiger partial charge is 0.253 e. The molecule has 0 spiro atoms. The Morgan fingerprint density at radius 1 is 1.26 bits per heavy atom. The van der Waals surface area contributed by atoms with E-state index in [9.17, 15) is 12.8 Å². The van der Waals surface area contributed by atoms with E-state index in [1.165, 1.54) is 12.1 Å². The molecular formula is C11H13FN4O2S. The van der Waals surface area contributed by atoms with E-state index in [-0.39, 0.29) is 11.4 Å². The van der Waals surface area contributed by atoms with E-state index < -0.39 is 15.8 Å². The summed E-state index contributed by atoms with van der Waals surface area (Å²) < 4.78 is 40.4. The summed E-state index contributed by atoms with van der Waals surface area (Å²) in [5.74, 6) is -0.467. The summed E-state index contributed by atoms with van der Waals surface area (Å²) in [7, 11) is -3.58. The summed E-state index contributed by atoms with van der Waals surface area (Å²) in [5, 5.41) is 7.41. The van der Waals surface area contributed by atoms with Crippen molar-refractivity contribution in [2.24, 2.45) is 0 Å². The highest BCUT2D eigenvalue weighted by atomic mass is 32.2. The van der Waals surface area contributed by atoms with Crippen LogP contribution in [-0.4, -0.2) is 30.0 Å². The zero-order chi connectivity index (χ0) is 13.7. The number of nitrogens with one attached hydrogen (secondary N) is 1. The number of hydrogen-bond acceptors (Lipinski definition) is 4. The molecule has 19 heavy (non-hydrogen) atoms. The number of benzene rings is 1. The molecule has 6 nitrogen and oxygen atoms in total. The Kier molecular flexibility index (Phi) is 4.23. The van der Waals surface area contributed by atoms with E-state index in [1.807, 2.05) is 0 Å². The number of rotatable bonds is 6. The molecular weight excluding hydrogens is 271 g/mol. The Bertz CT molecular complexity index is 611. The molecule has 0 fully saturated rings. The minimum absolute atomic E-state index is 0.0506. The van der Waals surface area contributed by atoms with Gasteiger partial charge in [-0.25, -0.2) is 17.5 Å². The van der Waals surface area contributed by atoms with Crippen LogP contribution >= 0.6 is 0 Å². The van der Waals surface area contributed by atoms with Crippen molar-refractivity contribution in [3.8, 4) is 0 Å². The van der Waals surface area contributed by atoms with Crippen LogP contribution in [0.1, 0.15) is 6.42 Å². The summed E-state index contributed by atoms with van der Waals surface area (Å²) in [6, 6.07) is 4.69. The van der Waals surface area contributed by atoms with Gasteiger partial charge < -0.3 is 0 Å². The minimum atomic E-state index is -3.58. The van der Waals surface area contributed by atoms with Gasteiger partial charge in [0.25, 0.3) is 0 Å². The van der Waals surface area contributed by atoms with Crippen molar-refractivity contribution in [3.05, 3.63) is 42.5 Å². The van der Waals surface area contributed by atoms with Gasteiger partial charge in [-0.2, -0.15) is 0 Å². The predicted molar refractivity (Wildman–Crippen MR) is 66.2 cm³/mol. The van der Waals surface area contributed by atoms with E-state index in [0.29, 0.717) is 13.0 Å². The highest BCUT2D eigenvalue weighted by Gasteiger charge is 2.12. The fraction of sp³-hybridized carbons (Fsp3) is 0.273. The van der Waals surface area contributed by atoms with Gasteiger partial charge in [-0.1, -0.05) is 5.21 Å². The number of aryl methyl sites for hydroxylation is 1. The molecule has 0 unspecified atom stereocenters. The quantitative estimate of drug-likeness (QED) is 0.795. The molecule has 8 heteroatoms. The fourth-order valence-electron chi connectivity index (χ4n) is 1.50. The maximum atomic E-state index is 12.7. The van der Waals surface area contributed by atoms with E-state index >= 15 is 0 Å². The standard InChI is InChI=1S/C11H13FN4O2S/c12-10-2-4-11(5-3-10)19(17,18)14-6-1-8-16-9-7-13-15-16/h2-5,7,9,14H,1,6,8H2. The van der Waals surface area contributed by atoms with Gasteiger partial charge in [-0.3, -0.25) is 4.68 Å². The SMILES string of the molecule is O=S(=O)(NCCCn1ccnn1)c1ccc(F)cc1. The lowest BCUT2D eigenvalue weighted by molar-refractivity contribution is 0.542. The highest BCUT2D eigenvalue weighted by molar-refractivity contribution is 7.89. The minimum Gasteiger partial charge on any atom is -0.253 e. The van der Waals surface area contributed by atoms with E-state index in [1.54, 1.807) is 17.1 Å². The first-order valence-corrected chi connectivity index (χ1v) is 7.15. The summed E-state index contributed by atoms with van der Waals surface area (Å²) in [6.07, 6.45) is 3.85. The molecule has 1 N–H and O–H groups in total. The van der Waals surface area contributed by atoms with Gasteiger partial charge >= 0.3 is 0 Å². The predicted octanol–water partition coefficient (Wildman–Crippen LogP) is 0.786. The Morgan fingerprint density at radius 3 is 2.63 bits per heavy atom. The van der Waals surface area contributed by atoms with E-state index in [4.69, 9.17) is 0 Å². The number of aromatic nitrogens is 3. The summed E-state index contributed by atoms with van der Waals surface area (Å²) >= 11 is 0. The lowest BCUT2D eigenvalue weighted by Gasteiger charge is -2.06. The second-order valence-electron chi connectivity index (χ2n) is 3.87. The van der Waals surface area contributed by atoms with E-state index in [0.717, 1.165) is 12.1 Å². The van der Waals surface area contributed by atoms with Gasteiger partial charge in [0.1, 0.15) is 5.82 Å². The fourth-order valence-corrected chi connectivity index (χ4v) is 2.57. The van der Waals surface area contributed by atoms with Gasteiger partial charge in [0, 0.05) is 19.3 Å². The summed E-state index contributed by atoms with van der Waals surface area (Å²) in [4.78, 5) is 0.0506. The van der Waals surface area contributed by atoms with Gasteiger partial charge in [0.15, 0.2) is 0 Å². The molecule has 0 saturated carbocycles. The molecule has 0 saturated heterocycles. The smallest absolute Gasteiger partial charge is 0.240 e. The molecule has 1 aromatic heterocycles. The first kappa shape index (κ1) is 13.6. The normalized spacial score (nSPS) is 11.6. The van der Waals surface area contributed by atoms with Crippen molar-refractivity contribution < 1.29 is 12.8 Å². The molecule has 0 aliphatic carbocycles. The third kappa shape index (κ3) is 3.83. The van der Waals surface area contributed by atoms with Gasteiger partial charge in [-0.15, -0.1) is 5.10 Å². The highest BCUT2D eigenvalue weighted by Crippen LogP contribution is 2.09. The molecule has 0 radical (unpaired) electrons. The van der Waals surface area contributed by atoms with Crippen molar-refractivity contribution in [1.82, 2.24) is 19.7 Å². The maximum absolute atomic E-state index is 12.7. The van der Waals surface area contributed by atoms with Crippen molar-refractivity contribution in [3.63, 3.8) is 0 Å². The van der Waals surface area contributed by atoms with Crippen LogP contribution in [-0.2, 0) is 16.6 Å². The van der Waals surface area contributed by atoms with Crippen LogP contribution in [0, 0.1) is 5.82 Å². The number of nitrogens with zero attached hydrogens (tertiary/aromatic N) is 3. The van der Waals surface area contributed by atoms with Crippen LogP contribution in [0.15, 0.2) is 41.6 Å². The van der Waals surface area contributed by atoms with Gasteiger partial charge in [-0.05, 0) is 30.7 Å². The maximum Gasteiger partial charge on any atom is 0.240 e. The lowest BCUT2D eigenvalue weighted by atomic mass is 10.4. The van der Waals surface area contributed by atoms with Gasteiger partial charge in [0.05, 0.1) is 11.1 Å².